The van der Waals surface area contributed by atoms with Crippen molar-refractivity contribution in [2.75, 3.05) is 39.9 Å². The van der Waals surface area contributed by atoms with Gasteiger partial charge in [0.1, 0.15) is 0 Å². The summed E-state index contributed by atoms with van der Waals surface area (Å²) in [5, 5.41) is 22.6. The molecule has 0 bridgehead atoms. The second kappa shape index (κ2) is 11.7. The van der Waals surface area contributed by atoms with Crippen LogP contribution in [0.4, 0.5) is 4.79 Å². The van der Waals surface area contributed by atoms with Gasteiger partial charge in [0.2, 0.25) is 0 Å². The standard InChI is InChI=1S/C29H41N3O4/c1-21-10-3-4-12-23(21)24-13-5-6-14-25(24)29(35,15-7-8-17-36-2)22-11-9-16-31(18-22)28(34)32-19-26(30)27(33)20-32/h3-6,10,12-14,22,26-27,33,35H,7-9,11,15-20,30H2,1-2H3. The second-order valence-electron chi connectivity index (χ2n) is 10.4. The van der Waals surface area contributed by atoms with Crippen molar-refractivity contribution in [2.45, 2.75) is 56.8 Å². The molecule has 2 aromatic carbocycles. The highest BCUT2D eigenvalue weighted by Crippen LogP contribution is 2.44. The molecule has 0 aliphatic carbocycles. The maximum atomic E-state index is 13.3. The van der Waals surface area contributed by atoms with Crippen molar-refractivity contribution in [1.29, 1.82) is 0 Å². The number of aliphatic hydroxyl groups is 2. The van der Waals surface area contributed by atoms with Crippen LogP contribution in [0.2, 0.25) is 0 Å². The fourth-order valence-corrected chi connectivity index (χ4v) is 5.88. The number of hydrogen-bond acceptors (Lipinski definition) is 5. The van der Waals surface area contributed by atoms with Crippen molar-refractivity contribution < 1.29 is 19.7 Å². The van der Waals surface area contributed by atoms with E-state index in [4.69, 9.17) is 10.5 Å². The summed E-state index contributed by atoms with van der Waals surface area (Å²) in [5.74, 6) is -0.107. The number of benzene rings is 2. The molecular weight excluding hydrogens is 454 g/mol. The number of nitrogens with two attached hydrogens (primary N) is 1. The first-order valence-corrected chi connectivity index (χ1v) is 13.2. The molecule has 0 spiro atoms. The number of amides is 2. The summed E-state index contributed by atoms with van der Waals surface area (Å²) < 4.78 is 5.27. The Labute approximate surface area is 214 Å². The van der Waals surface area contributed by atoms with Gasteiger partial charge in [0.15, 0.2) is 0 Å². The number of carbonyl (C=O) groups excluding carboxylic acids is 1. The van der Waals surface area contributed by atoms with E-state index in [1.807, 2.05) is 29.2 Å². The molecule has 2 saturated heterocycles. The van der Waals surface area contributed by atoms with E-state index in [2.05, 4.69) is 31.2 Å². The summed E-state index contributed by atoms with van der Waals surface area (Å²) >= 11 is 0. The number of urea groups is 1. The number of piperidine rings is 1. The molecule has 0 aromatic heterocycles. The monoisotopic (exact) mass is 495 g/mol. The Balaban J connectivity index is 1.65. The highest BCUT2D eigenvalue weighted by atomic mass is 16.5. The van der Waals surface area contributed by atoms with Gasteiger partial charge < -0.3 is 30.5 Å². The van der Waals surface area contributed by atoms with E-state index in [1.54, 1.807) is 12.0 Å². The molecule has 4 atom stereocenters. The van der Waals surface area contributed by atoms with Gasteiger partial charge in [0.05, 0.1) is 11.7 Å². The molecule has 2 heterocycles. The quantitative estimate of drug-likeness (QED) is 0.487. The normalized spacial score (nSPS) is 24.1. The molecule has 0 saturated carbocycles. The molecule has 2 fully saturated rings. The van der Waals surface area contributed by atoms with Gasteiger partial charge in [-0.3, -0.25) is 0 Å². The summed E-state index contributed by atoms with van der Waals surface area (Å²) in [6, 6.07) is 15.9. The van der Waals surface area contributed by atoms with E-state index < -0.39 is 17.7 Å². The third-order valence-electron chi connectivity index (χ3n) is 7.96. The first-order chi connectivity index (χ1) is 17.3. The number of likely N-dealkylation sites (tertiary alicyclic amines) is 2. The van der Waals surface area contributed by atoms with Crippen LogP contribution in [0, 0.1) is 12.8 Å². The molecule has 2 aromatic rings. The van der Waals surface area contributed by atoms with Gasteiger partial charge in [-0.2, -0.15) is 0 Å². The Bertz CT molecular complexity index is 1020. The van der Waals surface area contributed by atoms with Gasteiger partial charge in [-0.15, -0.1) is 0 Å². The smallest absolute Gasteiger partial charge is 0.320 e. The third-order valence-corrected chi connectivity index (χ3v) is 7.96. The lowest BCUT2D eigenvalue weighted by atomic mass is 9.72. The van der Waals surface area contributed by atoms with E-state index in [-0.39, 0.29) is 18.5 Å². The van der Waals surface area contributed by atoms with Gasteiger partial charge in [-0.05, 0) is 61.3 Å². The lowest BCUT2D eigenvalue weighted by Gasteiger charge is -2.44. The summed E-state index contributed by atoms with van der Waals surface area (Å²) in [6.07, 6.45) is 3.27. The maximum Gasteiger partial charge on any atom is 0.320 e. The van der Waals surface area contributed by atoms with Gasteiger partial charge in [-0.1, -0.05) is 48.5 Å². The van der Waals surface area contributed by atoms with E-state index in [1.165, 1.54) is 0 Å². The number of carbonyl (C=O) groups is 1. The first-order valence-electron chi connectivity index (χ1n) is 13.2. The van der Waals surface area contributed by atoms with E-state index in [0.29, 0.717) is 32.7 Å². The molecule has 4 N–H and O–H groups in total. The Morgan fingerprint density at radius 2 is 1.78 bits per heavy atom. The summed E-state index contributed by atoms with van der Waals surface area (Å²) in [5.41, 5.74) is 9.12. The van der Waals surface area contributed by atoms with Crippen LogP contribution in [-0.2, 0) is 10.3 Å². The van der Waals surface area contributed by atoms with E-state index in [9.17, 15) is 15.0 Å². The van der Waals surface area contributed by atoms with Crippen molar-refractivity contribution >= 4 is 6.03 Å². The lowest BCUT2D eigenvalue weighted by molar-refractivity contribution is -0.0571. The first kappa shape index (κ1) is 26.6. The minimum Gasteiger partial charge on any atom is -0.390 e. The predicted octanol–water partition coefficient (Wildman–Crippen LogP) is 3.50. The largest absolute Gasteiger partial charge is 0.390 e. The van der Waals surface area contributed by atoms with Crippen molar-refractivity contribution in [3.8, 4) is 11.1 Å². The minimum absolute atomic E-state index is 0.0966. The van der Waals surface area contributed by atoms with Crippen molar-refractivity contribution in [2.24, 2.45) is 11.7 Å². The summed E-state index contributed by atoms with van der Waals surface area (Å²) in [7, 11) is 1.70. The Morgan fingerprint density at radius 1 is 1.06 bits per heavy atom. The predicted molar refractivity (Wildman–Crippen MR) is 141 cm³/mol. The number of β-amino-alcohol motifs (C(OH)–C–C–N with tert-alkyl or cyclic N) is 1. The number of aliphatic hydroxyl groups excluding tert-OH is 1. The fraction of sp³-hybridized carbons (Fsp3) is 0.552. The molecule has 4 unspecified atom stereocenters. The zero-order valence-electron chi connectivity index (χ0n) is 21.6. The molecule has 36 heavy (non-hydrogen) atoms. The number of methoxy groups -OCH3 is 1. The van der Waals surface area contributed by atoms with Crippen molar-refractivity contribution in [3.63, 3.8) is 0 Å². The Morgan fingerprint density at radius 3 is 2.47 bits per heavy atom. The molecule has 7 nitrogen and oxygen atoms in total. The highest BCUT2D eigenvalue weighted by molar-refractivity contribution is 5.75. The van der Waals surface area contributed by atoms with E-state index in [0.717, 1.165) is 47.9 Å². The third kappa shape index (κ3) is 5.59. The summed E-state index contributed by atoms with van der Waals surface area (Å²) in [6.45, 7) is 4.50. The zero-order valence-corrected chi connectivity index (χ0v) is 21.6. The zero-order chi connectivity index (χ0) is 25.7. The van der Waals surface area contributed by atoms with Gasteiger partial charge in [-0.25, -0.2) is 4.79 Å². The maximum absolute atomic E-state index is 13.3. The van der Waals surface area contributed by atoms with Crippen molar-refractivity contribution in [1.82, 2.24) is 9.80 Å². The topological polar surface area (TPSA) is 99.3 Å². The average Bonchev–Trinajstić information content (AvgIpc) is 3.24. The van der Waals surface area contributed by atoms with Crippen LogP contribution in [0.1, 0.15) is 43.2 Å². The average molecular weight is 496 g/mol. The molecular formula is C29H41N3O4. The van der Waals surface area contributed by atoms with Gasteiger partial charge in [0, 0.05) is 51.9 Å². The van der Waals surface area contributed by atoms with Crippen LogP contribution < -0.4 is 5.73 Å². The Kier molecular flexibility index (Phi) is 8.67. The SMILES string of the molecule is COCCCCC(O)(c1ccccc1-c1ccccc1C)C1CCCN(C(=O)N2CC(N)C(O)C2)C1. The lowest BCUT2D eigenvalue weighted by Crippen LogP contribution is -2.52. The second-order valence-corrected chi connectivity index (χ2v) is 10.4. The Hall–Kier alpha value is -2.45. The molecule has 2 amide bonds. The number of ether oxygens (including phenoxy) is 1. The molecule has 196 valence electrons. The number of rotatable bonds is 8. The van der Waals surface area contributed by atoms with Crippen LogP contribution in [0.25, 0.3) is 11.1 Å². The molecule has 7 heteroatoms. The molecule has 0 radical (unpaired) electrons. The number of nitrogens with zero attached hydrogens (tertiary/aromatic N) is 2. The van der Waals surface area contributed by atoms with Crippen molar-refractivity contribution in [3.05, 3.63) is 59.7 Å². The number of unbranched alkanes of at least 4 members (excludes halogenated alkanes) is 1. The van der Waals surface area contributed by atoms with Crippen LogP contribution in [0.3, 0.4) is 0 Å². The number of aryl methyl sites for hydroxylation is 1. The molecule has 2 aliphatic rings. The minimum atomic E-state index is -1.09. The van der Waals surface area contributed by atoms with Crippen LogP contribution in [-0.4, -0.2) is 78.1 Å². The molecule has 2 aliphatic heterocycles. The summed E-state index contributed by atoms with van der Waals surface area (Å²) in [4.78, 5) is 16.8. The molecule has 4 rings (SSSR count). The fourth-order valence-electron chi connectivity index (χ4n) is 5.88. The number of hydrogen-bond donors (Lipinski definition) is 3. The van der Waals surface area contributed by atoms with Crippen LogP contribution in [0.5, 0.6) is 0 Å². The van der Waals surface area contributed by atoms with E-state index >= 15 is 0 Å². The van der Waals surface area contributed by atoms with Crippen LogP contribution >= 0.6 is 0 Å². The van der Waals surface area contributed by atoms with Gasteiger partial charge in [0.25, 0.3) is 0 Å². The van der Waals surface area contributed by atoms with Gasteiger partial charge >= 0.3 is 6.03 Å². The van der Waals surface area contributed by atoms with Crippen LogP contribution in [0.15, 0.2) is 48.5 Å². The highest BCUT2D eigenvalue weighted by Gasteiger charge is 2.43.